The molecule has 0 fully saturated rings. The lowest BCUT2D eigenvalue weighted by Crippen LogP contribution is -2.60. The molecule has 2 amide bonds. The van der Waals surface area contributed by atoms with E-state index in [1.165, 1.54) is 23.1 Å². The monoisotopic (exact) mass is 363 g/mol. The van der Waals surface area contributed by atoms with Crippen LogP contribution in [0.2, 0.25) is 0 Å². The minimum absolute atomic E-state index is 0.166. The topological polar surface area (TPSA) is 101 Å². The number of benzene rings is 1. The number of rotatable bonds is 3. The Hall–Kier alpha value is -2.13. The summed E-state index contributed by atoms with van der Waals surface area (Å²) in [6, 6.07) is 7.28. The smallest absolute Gasteiger partial charge is 0.250 e. The SMILES string of the molecule is C[C@H](Sc1nnc(N)s1)C(=O)N1c2ccccc2NC(=O)C1(C)C. The van der Waals surface area contributed by atoms with Gasteiger partial charge in [-0.2, -0.15) is 0 Å². The van der Waals surface area contributed by atoms with Crippen LogP contribution in [-0.2, 0) is 9.59 Å². The van der Waals surface area contributed by atoms with Crippen molar-refractivity contribution in [1.29, 1.82) is 0 Å². The van der Waals surface area contributed by atoms with Crippen LogP contribution >= 0.6 is 23.1 Å². The highest BCUT2D eigenvalue weighted by molar-refractivity contribution is 8.02. The molecular formula is C15H17N5O2S2. The van der Waals surface area contributed by atoms with Crippen molar-refractivity contribution in [3.63, 3.8) is 0 Å². The Morgan fingerprint density at radius 2 is 2.08 bits per heavy atom. The summed E-state index contributed by atoms with van der Waals surface area (Å²) in [7, 11) is 0. The molecule has 126 valence electrons. The molecular weight excluding hydrogens is 346 g/mol. The van der Waals surface area contributed by atoms with Gasteiger partial charge >= 0.3 is 0 Å². The van der Waals surface area contributed by atoms with Crippen LogP contribution in [0, 0.1) is 0 Å². The number of nitrogens with two attached hydrogens (primary N) is 1. The predicted molar refractivity (Wildman–Crippen MR) is 96.3 cm³/mol. The van der Waals surface area contributed by atoms with Crippen molar-refractivity contribution in [2.45, 2.75) is 35.9 Å². The van der Waals surface area contributed by atoms with Crippen molar-refractivity contribution in [2.24, 2.45) is 0 Å². The van der Waals surface area contributed by atoms with E-state index in [1.807, 2.05) is 18.2 Å². The standard InChI is InChI=1S/C15H17N5O2S2/c1-8(23-14-19-18-13(16)24-14)11(21)20-10-7-5-4-6-9(10)17-12(22)15(20,2)3/h4-8H,1-3H3,(H2,16,18)(H,17,22)/t8-/m0/s1. The molecule has 1 aromatic carbocycles. The van der Waals surface area contributed by atoms with Crippen molar-refractivity contribution in [1.82, 2.24) is 10.2 Å². The van der Waals surface area contributed by atoms with E-state index < -0.39 is 10.8 Å². The Kier molecular flexibility index (Phi) is 4.22. The molecule has 0 unspecified atom stereocenters. The van der Waals surface area contributed by atoms with Crippen LogP contribution in [0.4, 0.5) is 16.5 Å². The second-order valence-electron chi connectivity index (χ2n) is 5.87. The summed E-state index contributed by atoms with van der Waals surface area (Å²) in [5.74, 6) is -0.381. The molecule has 0 saturated heterocycles. The van der Waals surface area contributed by atoms with Gasteiger partial charge in [0.15, 0.2) is 4.34 Å². The van der Waals surface area contributed by atoms with Crippen LogP contribution < -0.4 is 16.0 Å². The number of thioether (sulfide) groups is 1. The van der Waals surface area contributed by atoms with Gasteiger partial charge in [-0.1, -0.05) is 35.2 Å². The third kappa shape index (κ3) is 2.84. The quantitative estimate of drug-likeness (QED) is 0.812. The molecule has 0 spiro atoms. The number of carbonyl (C=O) groups is 2. The summed E-state index contributed by atoms with van der Waals surface area (Å²) < 4.78 is 0.626. The molecule has 0 radical (unpaired) electrons. The summed E-state index contributed by atoms with van der Waals surface area (Å²) in [6.45, 7) is 5.25. The number of carbonyl (C=O) groups excluding carboxylic acids is 2. The maximum Gasteiger partial charge on any atom is 0.250 e. The first kappa shape index (κ1) is 16.7. The van der Waals surface area contributed by atoms with Crippen molar-refractivity contribution in [2.75, 3.05) is 16.0 Å². The van der Waals surface area contributed by atoms with Gasteiger partial charge in [0.25, 0.3) is 0 Å². The first-order chi connectivity index (χ1) is 11.3. The van der Waals surface area contributed by atoms with Crippen molar-refractivity contribution in [3.8, 4) is 0 Å². The maximum absolute atomic E-state index is 13.1. The van der Waals surface area contributed by atoms with Crippen LogP contribution in [-0.4, -0.2) is 32.8 Å². The average molecular weight is 363 g/mol. The summed E-state index contributed by atoms with van der Waals surface area (Å²) in [6.07, 6.45) is 0. The van der Waals surface area contributed by atoms with Gasteiger partial charge in [-0.15, -0.1) is 10.2 Å². The maximum atomic E-state index is 13.1. The number of nitrogen functional groups attached to an aromatic ring is 1. The normalized spacial score (nSPS) is 17.1. The van der Waals surface area contributed by atoms with Gasteiger partial charge in [0.2, 0.25) is 16.9 Å². The highest BCUT2D eigenvalue weighted by Gasteiger charge is 2.44. The van der Waals surface area contributed by atoms with E-state index in [1.54, 1.807) is 31.7 Å². The molecule has 0 bridgehead atoms. The summed E-state index contributed by atoms with van der Waals surface area (Å²) in [5.41, 5.74) is 5.92. The largest absolute Gasteiger partial charge is 0.374 e. The fourth-order valence-electron chi connectivity index (χ4n) is 2.50. The minimum Gasteiger partial charge on any atom is -0.374 e. The highest BCUT2D eigenvalue weighted by atomic mass is 32.2. The van der Waals surface area contributed by atoms with Crippen LogP contribution in [0.25, 0.3) is 0 Å². The Balaban J connectivity index is 1.93. The number of nitrogens with one attached hydrogen (secondary N) is 1. The van der Waals surface area contributed by atoms with Gasteiger partial charge in [-0.05, 0) is 32.9 Å². The van der Waals surface area contributed by atoms with E-state index in [4.69, 9.17) is 5.73 Å². The van der Waals surface area contributed by atoms with E-state index in [0.29, 0.717) is 20.8 Å². The number of nitrogens with zero attached hydrogens (tertiary/aromatic N) is 3. The zero-order valence-corrected chi connectivity index (χ0v) is 15.1. The molecule has 1 atom stereocenters. The van der Waals surface area contributed by atoms with Crippen molar-refractivity contribution < 1.29 is 9.59 Å². The molecule has 9 heteroatoms. The number of amides is 2. The molecule has 3 N–H and O–H groups in total. The number of para-hydroxylation sites is 2. The molecule has 1 aliphatic heterocycles. The Labute approximate surface area is 147 Å². The van der Waals surface area contributed by atoms with Crippen molar-refractivity contribution >= 4 is 51.4 Å². The van der Waals surface area contributed by atoms with E-state index in [9.17, 15) is 9.59 Å². The molecule has 2 aromatic rings. The van der Waals surface area contributed by atoms with Gasteiger partial charge < -0.3 is 11.1 Å². The highest BCUT2D eigenvalue weighted by Crippen LogP contribution is 2.39. The molecule has 1 aliphatic rings. The molecule has 7 nitrogen and oxygen atoms in total. The lowest BCUT2D eigenvalue weighted by molar-refractivity contribution is -0.126. The zero-order valence-electron chi connectivity index (χ0n) is 13.4. The Bertz CT molecular complexity index is 805. The fraction of sp³-hybridized carbons (Fsp3) is 0.333. The number of hydrogen-bond donors (Lipinski definition) is 2. The van der Waals surface area contributed by atoms with Gasteiger partial charge in [-0.3, -0.25) is 14.5 Å². The second-order valence-corrected chi connectivity index (χ2v) is 8.47. The third-order valence-corrected chi connectivity index (χ3v) is 5.70. The Morgan fingerprint density at radius 1 is 1.38 bits per heavy atom. The van der Waals surface area contributed by atoms with Gasteiger partial charge in [0.05, 0.1) is 16.6 Å². The Morgan fingerprint density at radius 3 is 2.75 bits per heavy atom. The lowest BCUT2D eigenvalue weighted by Gasteiger charge is -2.42. The molecule has 0 saturated carbocycles. The summed E-state index contributed by atoms with van der Waals surface area (Å²) in [5, 5.41) is 10.5. The third-order valence-electron chi connectivity index (χ3n) is 3.78. The zero-order chi connectivity index (χ0) is 17.5. The van der Waals surface area contributed by atoms with E-state index >= 15 is 0 Å². The van der Waals surface area contributed by atoms with E-state index in [2.05, 4.69) is 15.5 Å². The van der Waals surface area contributed by atoms with Gasteiger partial charge in [-0.25, -0.2) is 0 Å². The number of anilines is 3. The van der Waals surface area contributed by atoms with Crippen LogP contribution in [0.3, 0.4) is 0 Å². The first-order valence-electron chi connectivity index (χ1n) is 7.31. The molecule has 1 aromatic heterocycles. The molecule has 24 heavy (non-hydrogen) atoms. The lowest BCUT2D eigenvalue weighted by atomic mass is 9.96. The van der Waals surface area contributed by atoms with Crippen molar-refractivity contribution in [3.05, 3.63) is 24.3 Å². The van der Waals surface area contributed by atoms with Crippen LogP contribution in [0.5, 0.6) is 0 Å². The van der Waals surface area contributed by atoms with Crippen LogP contribution in [0.1, 0.15) is 20.8 Å². The first-order valence-corrected chi connectivity index (χ1v) is 9.00. The van der Waals surface area contributed by atoms with Gasteiger partial charge in [0.1, 0.15) is 5.54 Å². The number of hydrogen-bond acceptors (Lipinski definition) is 7. The number of aromatic nitrogens is 2. The average Bonchev–Trinajstić information content (AvgIpc) is 2.93. The number of fused-ring (bicyclic) bond motifs is 1. The molecule has 3 rings (SSSR count). The van der Waals surface area contributed by atoms with E-state index in [0.717, 1.165) is 0 Å². The summed E-state index contributed by atoms with van der Waals surface area (Å²) >= 11 is 2.52. The second kappa shape index (κ2) is 6.06. The fourth-order valence-corrected chi connectivity index (χ4v) is 4.32. The predicted octanol–water partition coefficient (Wildman–Crippen LogP) is 2.36. The minimum atomic E-state index is -0.986. The van der Waals surface area contributed by atoms with Crippen LogP contribution in [0.15, 0.2) is 28.6 Å². The van der Waals surface area contributed by atoms with Gasteiger partial charge in [0, 0.05) is 0 Å². The molecule has 0 aliphatic carbocycles. The molecule has 2 heterocycles. The van der Waals surface area contributed by atoms with E-state index in [-0.39, 0.29) is 11.8 Å². The summed E-state index contributed by atoms with van der Waals surface area (Å²) in [4.78, 5) is 27.1.